The lowest BCUT2D eigenvalue weighted by Gasteiger charge is -2.55. The molecular formula is C31H56O2. The van der Waals surface area contributed by atoms with Gasteiger partial charge in [-0.1, -0.05) is 110 Å². The molecule has 0 amide bonds. The summed E-state index contributed by atoms with van der Waals surface area (Å²) in [4.78, 5) is 13.8. The maximum absolute atomic E-state index is 13.8. The first kappa shape index (κ1) is 27.1. The lowest BCUT2D eigenvalue weighted by atomic mass is 9.49. The minimum atomic E-state index is -0.180. The van der Waals surface area contributed by atoms with Crippen molar-refractivity contribution < 1.29 is 9.53 Å². The highest BCUT2D eigenvalue weighted by atomic mass is 16.5. The Kier molecular flexibility index (Phi) is 11.6. The predicted molar refractivity (Wildman–Crippen MR) is 140 cm³/mol. The maximum Gasteiger partial charge on any atom is 0.312 e. The van der Waals surface area contributed by atoms with Crippen molar-refractivity contribution in [2.75, 3.05) is 6.61 Å². The second-order valence-electron chi connectivity index (χ2n) is 12.2. The average molecular weight is 461 g/mol. The number of hydrogen-bond acceptors (Lipinski definition) is 2. The Morgan fingerprint density at radius 2 is 1.24 bits per heavy atom. The number of rotatable bonds is 13. The first-order chi connectivity index (χ1) is 16.2. The van der Waals surface area contributed by atoms with Crippen LogP contribution in [0.4, 0.5) is 0 Å². The quantitative estimate of drug-likeness (QED) is 0.202. The number of unbranched alkanes of at least 4 members (excludes halogenated alkanes) is 6. The zero-order chi connectivity index (χ0) is 23.4. The van der Waals surface area contributed by atoms with E-state index in [2.05, 4.69) is 13.8 Å². The maximum atomic E-state index is 13.8. The highest BCUT2D eigenvalue weighted by Crippen LogP contribution is 2.61. The summed E-state index contributed by atoms with van der Waals surface area (Å²) in [5.41, 5.74) is 0.0347. The molecule has 0 radical (unpaired) electrons. The molecule has 0 N–H and O–H groups in total. The molecule has 0 spiro atoms. The van der Waals surface area contributed by atoms with Gasteiger partial charge in [-0.3, -0.25) is 4.79 Å². The number of ether oxygens (including phenoxy) is 1. The van der Waals surface area contributed by atoms with Gasteiger partial charge in [0.1, 0.15) is 0 Å². The number of carbonyl (C=O) groups is 1. The topological polar surface area (TPSA) is 26.3 Å². The molecule has 0 aromatic carbocycles. The van der Waals surface area contributed by atoms with E-state index in [-0.39, 0.29) is 16.8 Å². The molecule has 0 heterocycles. The van der Waals surface area contributed by atoms with Crippen LogP contribution < -0.4 is 0 Å². The summed E-state index contributed by atoms with van der Waals surface area (Å²) < 4.78 is 5.99. The number of carbonyl (C=O) groups excluding carboxylic acids is 1. The molecule has 0 atom stereocenters. The van der Waals surface area contributed by atoms with Gasteiger partial charge >= 0.3 is 5.97 Å². The fourth-order valence-electron chi connectivity index (χ4n) is 8.10. The Balaban J connectivity index is 1.70. The molecule has 33 heavy (non-hydrogen) atoms. The van der Waals surface area contributed by atoms with E-state index >= 15 is 0 Å². The van der Waals surface area contributed by atoms with Gasteiger partial charge in [0.2, 0.25) is 0 Å². The van der Waals surface area contributed by atoms with Crippen molar-refractivity contribution in [1.29, 1.82) is 0 Å². The van der Waals surface area contributed by atoms with Crippen molar-refractivity contribution in [2.24, 2.45) is 22.7 Å². The first-order valence-electron chi connectivity index (χ1n) is 15.3. The summed E-state index contributed by atoms with van der Waals surface area (Å²) in [6.07, 6.45) is 30.4. The second kappa shape index (κ2) is 14.1. The molecule has 3 aliphatic carbocycles. The molecule has 2 heteroatoms. The molecule has 3 rings (SSSR count). The van der Waals surface area contributed by atoms with Crippen LogP contribution in [0.25, 0.3) is 0 Å². The van der Waals surface area contributed by atoms with Crippen LogP contribution in [0.15, 0.2) is 0 Å². The van der Waals surface area contributed by atoms with Crippen molar-refractivity contribution >= 4 is 5.97 Å². The lowest BCUT2D eigenvalue weighted by molar-refractivity contribution is -0.175. The molecule has 0 saturated heterocycles. The van der Waals surface area contributed by atoms with Crippen LogP contribution in [-0.4, -0.2) is 12.6 Å². The minimum absolute atomic E-state index is 0.180. The number of esters is 1. The molecule has 3 saturated carbocycles. The Morgan fingerprint density at radius 1 is 0.667 bits per heavy atom. The molecule has 0 aliphatic heterocycles. The van der Waals surface area contributed by atoms with E-state index < -0.39 is 0 Å². The lowest BCUT2D eigenvalue weighted by Crippen LogP contribution is -2.52. The van der Waals surface area contributed by atoms with Gasteiger partial charge in [0.25, 0.3) is 0 Å². The molecule has 0 bridgehead atoms. The van der Waals surface area contributed by atoms with Crippen molar-refractivity contribution in [2.45, 2.75) is 162 Å². The highest BCUT2D eigenvalue weighted by molar-refractivity contribution is 5.78. The van der Waals surface area contributed by atoms with Crippen molar-refractivity contribution in [3.8, 4) is 0 Å². The highest BCUT2D eigenvalue weighted by Gasteiger charge is 2.57. The molecule has 0 aromatic heterocycles. The third-order valence-electron chi connectivity index (χ3n) is 10.1. The molecule has 3 aliphatic rings. The van der Waals surface area contributed by atoms with E-state index in [1.54, 1.807) is 0 Å². The van der Waals surface area contributed by atoms with Crippen LogP contribution >= 0.6 is 0 Å². The van der Waals surface area contributed by atoms with E-state index in [0.717, 1.165) is 31.1 Å². The zero-order valence-corrected chi connectivity index (χ0v) is 22.4. The summed E-state index contributed by atoms with van der Waals surface area (Å²) in [5, 5.41) is 0. The van der Waals surface area contributed by atoms with E-state index in [1.807, 2.05) is 0 Å². The van der Waals surface area contributed by atoms with Gasteiger partial charge in [-0.05, 0) is 68.6 Å². The summed E-state index contributed by atoms with van der Waals surface area (Å²) in [5.74, 6) is 2.10. The zero-order valence-electron chi connectivity index (χ0n) is 22.4. The minimum Gasteiger partial charge on any atom is -0.465 e. The fourth-order valence-corrected chi connectivity index (χ4v) is 8.10. The van der Waals surface area contributed by atoms with Crippen molar-refractivity contribution in [3.63, 3.8) is 0 Å². The van der Waals surface area contributed by atoms with Gasteiger partial charge in [0, 0.05) is 0 Å². The third-order valence-corrected chi connectivity index (χ3v) is 10.1. The van der Waals surface area contributed by atoms with Crippen LogP contribution in [0.2, 0.25) is 0 Å². The van der Waals surface area contributed by atoms with Crippen LogP contribution in [0.1, 0.15) is 162 Å². The summed E-state index contributed by atoms with van der Waals surface area (Å²) in [6, 6.07) is 0. The summed E-state index contributed by atoms with van der Waals surface area (Å²) in [6.45, 7) is 5.04. The van der Waals surface area contributed by atoms with E-state index in [0.29, 0.717) is 6.61 Å². The average Bonchev–Trinajstić information content (AvgIpc) is 2.88. The summed E-state index contributed by atoms with van der Waals surface area (Å²) in [7, 11) is 0. The van der Waals surface area contributed by atoms with E-state index in [1.165, 1.54) is 128 Å². The number of hydrogen-bond donors (Lipinski definition) is 0. The normalized spacial score (nSPS) is 28.5. The monoisotopic (exact) mass is 460 g/mol. The molecule has 3 fully saturated rings. The standard InChI is InChI=1S/C31H56O2/c1-3-5-6-7-8-9-14-21-30(24-19-28(20-25-30)27-17-12-10-13-18-27)31(22-15-11-16-23-31)29(32)33-26-4-2/h27-28H,3-26H2,1-2H3/t28-,30+. The van der Waals surface area contributed by atoms with Crippen LogP contribution in [-0.2, 0) is 9.53 Å². The van der Waals surface area contributed by atoms with Gasteiger partial charge in [-0.15, -0.1) is 0 Å². The smallest absolute Gasteiger partial charge is 0.312 e. The Bertz CT molecular complexity index is 533. The van der Waals surface area contributed by atoms with Crippen LogP contribution in [0, 0.1) is 22.7 Å². The van der Waals surface area contributed by atoms with Crippen molar-refractivity contribution in [3.05, 3.63) is 0 Å². The van der Waals surface area contributed by atoms with Gasteiger partial charge in [0.05, 0.1) is 12.0 Å². The first-order valence-corrected chi connectivity index (χ1v) is 15.3. The van der Waals surface area contributed by atoms with Crippen molar-refractivity contribution in [1.82, 2.24) is 0 Å². The summed E-state index contributed by atoms with van der Waals surface area (Å²) >= 11 is 0. The van der Waals surface area contributed by atoms with Gasteiger partial charge in [0.15, 0.2) is 0 Å². The molecule has 192 valence electrons. The van der Waals surface area contributed by atoms with Gasteiger partial charge in [-0.25, -0.2) is 0 Å². The fraction of sp³-hybridized carbons (Fsp3) is 0.968. The molecule has 2 nitrogen and oxygen atoms in total. The van der Waals surface area contributed by atoms with Crippen LogP contribution in [0.5, 0.6) is 0 Å². The van der Waals surface area contributed by atoms with Crippen LogP contribution in [0.3, 0.4) is 0 Å². The molecule has 0 aromatic rings. The Morgan fingerprint density at radius 3 is 1.88 bits per heavy atom. The van der Waals surface area contributed by atoms with E-state index in [4.69, 9.17) is 4.74 Å². The molecule has 0 unspecified atom stereocenters. The van der Waals surface area contributed by atoms with Gasteiger partial charge in [-0.2, -0.15) is 0 Å². The largest absolute Gasteiger partial charge is 0.465 e. The van der Waals surface area contributed by atoms with Gasteiger partial charge < -0.3 is 4.74 Å². The Hall–Kier alpha value is -0.530. The third kappa shape index (κ3) is 7.00. The molecular weight excluding hydrogens is 404 g/mol. The second-order valence-corrected chi connectivity index (χ2v) is 12.2. The Labute approximate surface area is 206 Å². The predicted octanol–water partition coefficient (Wildman–Crippen LogP) is 9.79. The van der Waals surface area contributed by atoms with E-state index in [9.17, 15) is 4.79 Å². The SMILES string of the molecule is CCCCCCCCC[C@]1(C2(C(=O)OCCC)CCCCC2)CC[C@@H](C2CCCCC2)CC1.